The molecule has 0 spiro atoms. The van der Waals surface area contributed by atoms with E-state index in [0.717, 1.165) is 24.2 Å². The lowest BCUT2D eigenvalue weighted by Crippen LogP contribution is -2.42. The van der Waals surface area contributed by atoms with E-state index in [1.807, 2.05) is 17.5 Å². The van der Waals surface area contributed by atoms with Crippen LogP contribution >= 0.6 is 0 Å². The molecule has 0 amide bonds. The normalized spacial score (nSPS) is 19.1. The molecule has 7 nitrogen and oxygen atoms in total. The van der Waals surface area contributed by atoms with E-state index in [1.165, 1.54) is 6.07 Å². The fourth-order valence-electron chi connectivity index (χ4n) is 4.63. The van der Waals surface area contributed by atoms with Crippen molar-refractivity contribution in [1.29, 1.82) is 0 Å². The van der Waals surface area contributed by atoms with E-state index in [4.69, 9.17) is 0 Å². The number of hydrogen-bond donors (Lipinski definition) is 1. The van der Waals surface area contributed by atoms with Crippen LogP contribution in [0.15, 0.2) is 35.4 Å². The number of alkyl halides is 1. The summed E-state index contributed by atoms with van der Waals surface area (Å²) in [6.07, 6.45) is 6.42. The van der Waals surface area contributed by atoms with Crippen LogP contribution in [0.1, 0.15) is 37.2 Å². The number of fused-ring (bicyclic) bond motifs is 2. The number of aromatic amines is 1. The maximum Gasteiger partial charge on any atom is 0.277 e. The second-order valence-electron chi connectivity index (χ2n) is 8.90. The van der Waals surface area contributed by atoms with Gasteiger partial charge in [0.05, 0.1) is 11.4 Å². The molecule has 1 aliphatic heterocycles. The van der Waals surface area contributed by atoms with E-state index in [1.54, 1.807) is 18.3 Å². The molecule has 0 bridgehead atoms. The highest BCUT2D eigenvalue weighted by Crippen LogP contribution is 2.39. The molecule has 0 radical (unpaired) electrons. The smallest absolute Gasteiger partial charge is 0.277 e. The van der Waals surface area contributed by atoms with E-state index < -0.39 is 17.0 Å². The standard InChI is InChI=1S/C23H22F2N6O/c1-13-11-31-12-14(2-5-18(31)26-13)17-10-16(24)19-20(27-17)21(32)29-22(28-19)23(25)6-8-30(9-7-23)15-3-4-15/h2,5,10-12,15H,3-4,6-9H2,1H3,(H,28,29,32). The molecule has 0 atom stereocenters. The van der Waals surface area contributed by atoms with Crippen molar-refractivity contribution in [1.82, 2.24) is 29.2 Å². The lowest BCUT2D eigenvalue weighted by molar-refractivity contribution is 0.0451. The molecule has 6 rings (SSSR count). The van der Waals surface area contributed by atoms with Crippen LogP contribution in [0.3, 0.4) is 0 Å². The summed E-state index contributed by atoms with van der Waals surface area (Å²) in [6.45, 7) is 3.11. The summed E-state index contributed by atoms with van der Waals surface area (Å²) in [7, 11) is 0. The summed E-state index contributed by atoms with van der Waals surface area (Å²) in [5.74, 6) is -0.799. The zero-order chi connectivity index (χ0) is 22.0. The first-order valence-corrected chi connectivity index (χ1v) is 10.9. The van der Waals surface area contributed by atoms with Crippen molar-refractivity contribution in [2.45, 2.75) is 44.3 Å². The predicted octanol–water partition coefficient (Wildman–Crippen LogP) is 3.50. The first kappa shape index (κ1) is 19.5. The van der Waals surface area contributed by atoms with Gasteiger partial charge in [0.15, 0.2) is 17.0 Å². The van der Waals surface area contributed by atoms with E-state index in [9.17, 15) is 4.79 Å². The number of rotatable bonds is 3. The molecule has 4 aromatic rings. The van der Waals surface area contributed by atoms with Gasteiger partial charge in [0.2, 0.25) is 0 Å². The Morgan fingerprint density at radius 3 is 2.62 bits per heavy atom. The molecule has 1 N–H and O–H groups in total. The minimum Gasteiger partial charge on any atom is -0.306 e. The van der Waals surface area contributed by atoms with Crippen molar-refractivity contribution in [2.75, 3.05) is 13.1 Å². The zero-order valence-electron chi connectivity index (χ0n) is 17.6. The van der Waals surface area contributed by atoms with Crippen LogP contribution in [-0.2, 0) is 5.67 Å². The number of aryl methyl sites for hydroxylation is 1. The molecule has 2 aliphatic rings. The number of nitrogens with one attached hydrogen (secondary N) is 1. The number of piperidine rings is 1. The Morgan fingerprint density at radius 1 is 1.09 bits per heavy atom. The third kappa shape index (κ3) is 3.19. The van der Waals surface area contributed by atoms with Crippen LogP contribution in [0.5, 0.6) is 0 Å². The van der Waals surface area contributed by atoms with E-state index >= 15 is 8.78 Å². The number of imidazole rings is 1. The van der Waals surface area contributed by atoms with Crippen molar-refractivity contribution >= 4 is 16.7 Å². The summed E-state index contributed by atoms with van der Waals surface area (Å²) >= 11 is 0. The Hall–Kier alpha value is -3.20. The number of halogens is 2. The number of nitrogens with zero attached hydrogens (tertiary/aromatic N) is 5. The topological polar surface area (TPSA) is 79.2 Å². The molecule has 0 aromatic carbocycles. The fourth-order valence-corrected chi connectivity index (χ4v) is 4.63. The summed E-state index contributed by atoms with van der Waals surface area (Å²) in [5, 5.41) is 0. The van der Waals surface area contributed by atoms with Crippen LogP contribution in [0.4, 0.5) is 8.78 Å². The molecule has 2 fully saturated rings. The van der Waals surface area contributed by atoms with Crippen LogP contribution in [0.2, 0.25) is 0 Å². The van der Waals surface area contributed by atoms with Gasteiger partial charge >= 0.3 is 0 Å². The van der Waals surface area contributed by atoms with Gasteiger partial charge in [-0.3, -0.25) is 4.79 Å². The van der Waals surface area contributed by atoms with Crippen LogP contribution in [0.25, 0.3) is 27.9 Å². The molecule has 32 heavy (non-hydrogen) atoms. The lowest BCUT2D eigenvalue weighted by Gasteiger charge is -2.35. The Bertz CT molecular complexity index is 1420. The lowest BCUT2D eigenvalue weighted by atomic mass is 9.92. The van der Waals surface area contributed by atoms with Crippen LogP contribution < -0.4 is 5.56 Å². The monoisotopic (exact) mass is 436 g/mol. The van der Waals surface area contributed by atoms with Gasteiger partial charge in [-0.25, -0.2) is 23.7 Å². The Kier molecular flexibility index (Phi) is 4.20. The molecular weight excluding hydrogens is 414 g/mol. The van der Waals surface area contributed by atoms with Crippen molar-refractivity contribution < 1.29 is 8.78 Å². The van der Waals surface area contributed by atoms with Gasteiger partial charge < -0.3 is 14.3 Å². The average molecular weight is 436 g/mol. The largest absolute Gasteiger partial charge is 0.306 e. The Labute approximate surface area is 182 Å². The highest BCUT2D eigenvalue weighted by Gasteiger charge is 2.42. The second-order valence-corrected chi connectivity index (χ2v) is 8.90. The van der Waals surface area contributed by atoms with Crippen molar-refractivity contribution in [2.24, 2.45) is 0 Å². The first-order valence-electron chi connectivity index (χ1n) is 10.9. The first-order chi connectivity index (χ1) is 15.4. The predicted molar refractivity (Wildman–Crippen MR) is 116 cm³/mol. The van der Waals surface area contributed by atoms with Crippen LogP contribution in [0, 0.1) is 12.7 Å². The molecule has 5 heterocycles. The van der Waals surface area contributed by atoms with Crippen molar-refractivity contribution in [3.8, 4) is 11.3 Å². The molecular formula is C23H22F2N6O. The molecule has 9 heteroatoms. The van der Waals surface area contributed by atoms with E-state index in [2.05, 4.69) is 24.8 Å². The molecule has 4 aromatic heterocycles. The van der Waals surface area contributed by atoms with Crippen LogP contribution in [-0.4, -0.2) is 48.4 Å². The molecule has 1 aliphatic carbocycles. The highest BCUT2D eigenvalue weighted by molar-refractivity contribution is 5.78. The molecule has 1 saturated carbocycles. The van der Waals surface area contributed by atoms with Gasteiger partial charge in [0, 0.05) is 56.0 Å². The van der Waals surface area contributed by atoms with Gasteiger partial charge in [0.1, 0.15) is 17.0 Å². The van der Waals surface area contributed by atoms with E-state index in [0.29, 0.717) is 30.4 Å². The maximum atomic E-state index is 15.7. The van der Waals surface area contributed by atoms with E-state index in [-0.39, 0.29) is 29.7 Å². The van der Waals surface area contributed by atoms with Crippen molar-refractivity contribution in [3.63, 3.8) is 0 Å². The molecule has 0 unspecified atom stereocenters. The van der Waals surface area contributed by atoms with Gasteiger partial charge in [-0.15, -0.1) is 0 Å². The summed E-state index contributed by atoms with van der Waals surface area (Å²) in [6, 6.07) is 5.38. The summed E-state index contributed by atoms with van der Waals surface area (Å²) in [4.78, 5) is 30.6. The number of H-pyrrole nitrogens is 1. The fraction of sp³-hybridized carbons (Fsp3) is 0.391. The Balaban J connectivity index is 1.39. The SMILES string of the molecule is Cc1cn2cc(-c3cc(F)c4nc(C5(F)CCN(C6CC6)CC5)[nH]c(=O)c4n3)ccc2n1. The molecule has 1 saturated heterocycles. The maximum absolute atomic E-state index is 15.7. The molecule has 164 valence electrons. The number of aromatic nitrogens is 5. The number of likely N-dealkylation sites (tertiary alicyclic amines) is 1. The number of hydrogen-bond acceptors (Lipinski definition) is 5. The highest BCUT2D eigenvalue weighted by atomic mass is 19.1. The quantitative estimate of drug-likeness (QED) is 0.532. The zero-order valence-corrected chi connectivity index (χ0v) is 17.6. The second kappa shape index (κ2) is 6.90. The minimum absolute atomic E-state index is 0.103. The van der Waals surface area contributed by atoms with Gasteiger partial charge in [-0.1, -0.05) is 0 Å². The van der Waals surface area contributed by atoms with Gasteiger partial charge in [0.25, 0.3) is 5.56 Å². The van der Waals surface area contributed by atoms with Crippen molar-refractivity contribution in [3.05, 3.63) is 58.3 Å². The van der Waals surface area contributed by atoms with Gasteiger partial charge in [-0.2, -0.15) is 0 Å². The Morgan fingerprint density at radius 2 is 1.88 bits per heavy atom. The third-order valence-electron chi connectivity index (χ3n) is 6.56. The average Bonchev–Trinajstić information content (AvgIpc) is 3.55. The van der Waals surface area contributed by atoms with Gasteiger partial charge in [-0.05, 0) is 31.9 Å². The summed E-state index contributed by atoms with van der Waals surface area (Å²) < 4.78 is 32.6. The minimum atomic E-state index is -1.77. The third-order valence-corrected chi connectivity index (χ3v) is 6.56. The summed E-state index contributed by atoms with van der Waals surface area (Å²) in [5.41, 5.74) is -0.183. The number of pyridine rings is 2.